The Bertz CT molecular complexity index is 1020. The molecule has 0 spiro atoms. The lowest BCUT2D eigenvalue weighted by atomic mass is 10.3. The van der Waals surface area contributed by atoms with Crippen LogP contribution in [0.25, 0.3) is 5.82 Å². The van der Waals surface area contributed by atoms with E-state index in [9.17, 15) is 8.42 Å². The van der Waals surface area contributed by atoms with Crippen LogP contribution in [0.1, 0.15) is 0 Å². The molecule has 0 atom stereocenters. The first-order valence-corrected chi connectivity index (χ1v) is 10.6. The van der Waals surface area contributed by atoms with Gasteiger partial charge in [0.15, 0.2) is 0 Å². The van der Waals surface area contributed by atoms with Crippen LogP contribution in [-0.4, -0.2) is 58.4 Å². The average molecular weight is 449 g/mol. The number of piperazine rings is 1. The van der Waals surface area contributed by atoms with E-state index in [0.29, 0.717) is 31.1 Å². The highest BCUT2D eigenvalue weighted by molar-refractivity contribution is 9.10. The first kappa shape index (κ1) is 18.1. The fourth-order valence-corrected chi connectivity index (χ4v) is 4.65. The zero-order valence-electron chi connectivity index (χ0n) is 14.3. The van der Waals surface area contributed by atoms with Crippen LogP contribution < -0.4 is 4.90 Å². The molecule has 2 aromatic heterocycles. The molecular weight excluding hydrogens is 432 g/mol. The van der Waals surface area contributed by atoms with Crippen LogP contribution >= 0.6 is 15.9 Å². The number of imidazole rings is 1. The molecule has 0 N–H and O–H groups in total. The number of sulfonamides is 1. The molecule has 0 saturated carbocycles. The standard InChI is InChI=1S/C17H17BrN6O2S/c18-14-1-3-15(4-2-14)27(25,26)24-9-7-22(8-10-24)16-11-17(21-12-20-16)23-6-5-19-13-23/h1-6,11-13H,7-10H2. The molecule has 3 heterocycles. The van der Waals surface area contributed by atoms with Gasteiger partial charge in [0.1, 0.15) is 24.3 Å². The number of anilines is 1. The van der Waals surface area contributed by atoms with Gasteiger partial charge in [-0.25, -0.2) is 23.4 Å². The van der Waals surface area contributed by atoms with E-state index in [2.05, 4.69) is 35.8 Å². The van der Waals surface area contributed by atoms with Gasteiger partial charge in [-0.1, -0.05) is 15.9 Å². The average Bonchev–Trinajstić information content (AvgIpc) is 3.23. The van der Waals surface area contributed by atoms with Gasteiger partial charge in [-0.15, -0.1) is 0 Å². The van der Waals surface area contributed by atoms with E-state index in [1.165, 1.54) is 10.6 Å². The molecule has 0 aliphatic carbocycles. The molecule has 0 unspecified atom stereocenters. The fourth-order valence-electron chi connectivity index (χ4n) is 2.96. The summed E-state index contributed by atoms with van der Waals surface area (Å²) in [6, 6.07) is 8.59. The second-order valence-electron chi connectivity index (χ2n) is 6.05. The molecule has 140 valence electrons. The van der Waals surface area contributed by atoms with Crippen LogP contribution in [0.4, 0.5) is 5.82 Å². The van der Waals surface area contributed by atoms with Crippen molar-refractivity contribution >= 4 is 31.8 Å². The topological polar surface area (TPSA) is 84.2 Å². The van der Waals surface area contributed by atoms with E-state index < -0.39 is 10.0 Å². The summed E-state index contributed by atoms with van der Waals surface area (Å²) in [5.74, 6) is 1.50. The molecule has 1 aliphatic heterocycles. The lowest BCUT2D eigenvalue weighted by molar-refractivity contribution is 0.383. The van der Waals surface area contributed by atoms with E-state index in [1.807, 2.05) is 12.3 Å². The smallest absolute Gasteiger partial charge is 0.243 e. The monoisotopic (exact) mass is 448 g/mol. The molecular formula is C17H17BrN6O2S. The lowest BCUT2D eigenvalue weighted by Crippen LogP contribution is -2.48. The molecule has 1 aliphatic rings. The summed E-state index contributed by atoms with van der Waals surface area (Å²) >= 11 is 3.33. The van der Waals surface area contributed by atoms with Gasteiger partial charge in [0.25, 0.3) is 0 Å². The van der Waals surface area contributed by atoms with E-state index in [-0.39, 0.29) is 0 Å². The van der Waals surface area contributed by atoms with Crippen molar-refractivity contribution in [1.29, 1.82) is 0 Å². The number of halogens is 1. The van der Waals surface area contributed by atoms with E-state index in [4.69, 9.17) is 0 Å². The Kier molecular flexibility index (Phi) is 4.94. The number of aromatic nitrogens is 4. The van der Waals surface area contributed by atoms with Crippen molar-refractivity contribution in [3.05, 3.63) is 59.9 Å². The highest BCUT2D eigenvalue weighted by Gasteiger charge is 2.29. The van der Waals surface area contributed by atoms with Crippen LogP contribution in [0.5, 0.6) is 0 Å². The summed E-state index contributed by atoms with van der Waals surface area (Å²) in [7, 11) is -3.49. The molecule has 0 radical (unpaired) electrons. The molecule has 0 amide bonds. The fraction of sp³-hybridized carbons (Fsp3) is 0.235. The molecule has 8 nitrogen and oxygen atoms in total. The molecule has 3 aromatic rings. The summed E-state index contributed by atoms with van der Waals surface area (Å²) in [6.07, 6.45) is 6.69. The Morgan fingerprint density at radius 2 is 1.67 bits per heavy atom. The van der Waals surface area contributed by atoms with Crippen LogP contribution in [-0.2, 0) is 10.0 Å². The van der Waals surface area contributed by atoms with Gasteiger partial charge < -0.3 is 4.90 Å². The molecule has 0 bridgehead atoms. The van der Waals surface area contributed by atoms with Crippen LogP contribution in [0.2, 0.25) is 0 Å². The summed E-state index contributed by atoms with van der Waals surface area (Å²) in [6.45, 7) is 1.94. The Hall–Kier alpha value is -2.30. The summed E-state index contributed by atoms with van der Waals surface area (Å²) in [5, 5.41) is 0. The summed E-state index contributed by atoms with van der Waals surface area (Å²) in [4.78, 5) is 15.0. The van der Waals surface area contributed by atoms with Gasteiger partial charge >= 0.3 is 0 Å². The third kappa shape index (κ3) is 3.73. The maximum absolute atomic E-state index is 12.8. The normalized spacial score (nSPS) is 15.8. The number of rotatable bonds is 4. The predicted octanol–water partition coefficient (Wildman–Crippen LogP) is 1.94. The van der Waals surface area contributed by atoms with E-state index >= 15 is 0 Å². The van der Waals surface area contributed by atoms with Crippen molar-refractivity contribution in [3.8, 4) is 5.82 Å². The second-order valence-corrected chi connectivity index (χ2v) is 8.90. The van der Waals surface area contributed by atoms with Crippen LogP contribution in [0, 0.1) is 0 Å². The van der Waals surface area contributed by atoms with Gasteiger partial charge in [-0.2, -0.15) is 4.31 Å². The zero-order valence-corrected chi connectivity index (χ0v) is 16.7. The van der Waals surface area contributed by atoms with Crippen LogP contribution in [0.3, 0.4) is 0 Å². The minimum Gasteiger partial charge on any atom is -0.354 e. The maximum Gasteiger partial charge on any atom is 0.243 e. The second kappa shape index (κ2) is 7.37. The summed E-state index contributed by atoms with van der Waals surface area (Å²) < 4.78 is 29.8. The van der Waals surface area contributed by atoms with Crippen molar-refractivity contribution in [2.24, 2.45) is 0 Å². The van der Waals surface area contributed by atoms with Gasteiger partial charge in [0.2, 0.25) is 10.0 Å². The minimum absolute atomic E-state index is 0.309. The number of hydrogen-bond acceptors (Lipinski definition) is 6. The van der Waals surface area contributed by atoms with Crippen molar-refractivity contribution in [3.63, 3.8) is 0 Å². The minimum atomic E-state index is -3.49. The lowest BCUT2D eigenvalue weighted by Gasteiger charge is -2.34. The third-order valence-electron chi connectivity index (χ3n) is 4.42. The number of nitrogens with zero attached hydrogens (tertiary/aromatic N) is 6. The van der Waals surface area contributed by atoms with Crippen molar-refractivity contribution < 1.29 is 8.42 Å². The van der Waals surface area contributed by atoms with Crippen molar-refractivity contribution in [2.45, 2.75) is 4.90 Å². The first-order valence-electron chi connectivity index (χ1n) is 8.35. The third-order valence-corrected chi connectivity index (χ3v) is 6.86. The van der Waals surface area contributed by atoms with Gasteiger partial charge in [-0.3, -0.25) is 4.57 Å². The van der Waals surface area contributed by atoms with Crippen molar-refractivity contribution in [1.82, 2.24) is 23.8 Å². The number of hydrogen-bond donors (Lipinski definition) is 0. The Balaban J connectivity index is 1.48. The molecule has 1 aromatic carbocycles. The van der Waals surface area contributed by atoms with E-state index in [1.54, 1.807) is 41.4 Å². The highest BCUT2D eigenvalue weighted by atomic mass is 79.9. The van der Waals surface area contributed by atoms with Crippen LogP contribution in [0.15, 0.2) is 64.7 Å². The SMILES string of the molecule is O=S(=O)(c1ccc(Br)cc1)N1CCN(c2cc(-n3ccnc3)ncn2)CC1. The van der Waals surface area contributed by atoms with E-state index in [0.717, 1.165) is 16.1 Å². The Morgan fingerprint density at radius 3 is 2.33 bits per heavy atom. The highest BCUT2D eigenvalue weighted by Crippen LogP contribution is 2.22. The van der Waals surface area contributed by atoms with Gasteiger partial charge in [0.05, 0.1) is 4.90 Å². The first-order chi connectivity index (χ1) is 13.0. The van der Waals surface area contributed by atoms with Crippen molar-refractivity contribution in [2.75, 3.05) is 31.1 Å². The summed E-state index contributed by atoms with van der Waals surface area (Å²) in [5.41, 5.74) is 0. The van der Waals surface area contributed by atoms with Gasteiger partial charge in [0, 0.05) is 49.1 Å². The predicted molar refractivity (Wildman–Crippen MR) is 104 cm³/mol. The zero-order chi connectivity index (χ0) is 18.9. The molecule has 27 heavy (non-hydrogen) atoms. The number of benzene rings is 1. The van der Waals surface area contributed by atoms with Gasteiger partial charge in [-0.05, 0) is 24.3 Å². The maximum atomic E-state index is 12.8. The molecule has 1 fully saturated rings. The molecule has 1 saturated heterocycles. The quantitative estimate of drug-likeness (QED) is 0.606. The molecule has 4 rings (SSSR count). The largest absolute Gasteiger partial charge is 0.354 e. The Labute approximate surface area is 165 Å². The molecule has 10 heteroatoms. The Morgan fingerprint density at radius 1 is 0.963 bits per heavy atom.